The molecule has 4 nitrogen and oxygen atoms in total. The molecule has 1 aromatic rings. The minimum atomic E-state index is 0.349. The van der Waals surface area contributed by atoms with Crippen molar-refractivity contribution in [1.82, 2.24) is 9.97 Å². The van der Waals surface area contributed by atoms with Gasteiger partial charge in [-0.2, -0.15) is 0 Å². The van der Waals surface area contributed by atoms with Crippen LogP contribution in [0, 0.1) is 12.8 Å². The summed E-state index contributed by atoms with van der Waals surface area (Å²) >= 11 is 0. The predicted molar refractivity (Wildman–Crippen MR) is 80.9 cm³/mol. The number of anilines is 2. The Bertz CT molecular complexity index is 424. The molecule has 0 atom stereocenters. The lowest BCUT2D eigenvalue weighted by molar-refractivity contribution is 0.333. The van der Waals surface area contributed by atoms with Gasteiger partial charge in [0.1, 0.15) is 17.5 Å². The molecule has 0 unspecified atom stereocenters. The van der Waals surface area contributed by atoms with Crippen LogP contribution < -0.4 is 10.6 Å². The van der Waals surface area contributed by atoms with Gasteiger partial charge in [0.2, 0.25) is 0 Å². The molecule has 106 valence electrons. The van der Waals surface area contributed by atoms with E-state index in [0.29, 0.717) is 5.92 Å². The monoisotopic (exact) mass is 262 g/mol. The summed E-state index contributed by atoms with van der Waals surface area (Å²) < 4.78 is 0. The van der Waals surface area contributed by atoms with Crippen molar-refractivity contribution in [2.24, 2.45) is 5.92 Å². The smallest absolute Gasteiger partial charge is 0.135 e. The molecule has 1 aromatic heterocycles. The molecule has 4 heteroatoms. The van der Waals surface area contributed by atoms with Crippen LogP contribution in [0.15, 0.2) is 0 Å². The fourth-order valence-corrected chi connectivity index (χ4v) is 2.24. The third-order valence-corrected chi connectivity index (χ3v) is 3.81. The summed E-state index contributed by atoms with van der Waals surface area (Å²) in [5, 5.41) is 6.85. The van der Waals surface area contributed by atoms with E-state index < -0.39 is 0 Å². The Hall–Kier alpha value is -1.32. The van der Waals surface area contributed by atoms with E-state index in [1.54, 1.807) is 0 Å². The van der Waals surface area contributed by atoms with Crippen molar-refractivity contribution in [1.29, 1.82) is 0 Å². The van der Waals surface area contributed by atoms with E-state index in [9.17, 15) is 0 Å². The Morgan fingerprint density at radius 3 is 2.26 bits per heavy atom. The number of nitrogens with one attached hydrogen (secondary N) is 2. The summed E-state index contributed by atoms with van der Waals surface area (Å²) in [7, 11) is 0. The first kappa shape index (κ1) is 14.1. The van der Waals surface area contributed by atoms with E-state index in [-0.39, 0.29) is 0 Å². The van der Waals surface area contributed by atoms with E-state index in [1.807, 2.05) is 0 Å². The number of hydrogen-bond donors (Lipinski definition) is 2. The second-order valence-electron chi connectivity index (χ2n) is 5.77. The second-order valence-corrected chi connectivity index (χ2v) is 5.77. The molecule has 2 rings (SSSR count). The molecule has 1 aliphatic rings. The third kappa shape index (κ3) is 3.37. The molecule has 0 saturated heterocycles. The van der Waals surface area contributed by atoms with Gasteiger partial charge in [0.25, 0.3) is 0 Å². The first-order valence-corrected chi connectivity index (χ1v) is 7.48. The lowest BCUT2D eigenvalue weighted by atomic mass is 9.85. The Morgan fingerprint density at radius 1 is 1.16 bits per heavy atom. The Kier molecular flexibility index (Phi) is 4.61. The third-order valence-electron chi connectivity index (χ3n) is 3.81. The molecule has 0 bridgehead atoms. The zero-order chi connectivity index (χ0) is 13.8. The molecular formula is C15H26N4. The normalized spacial score (nSPS) is 15.4. The van der Waals surface area contributed by atoms with Crippen LogP contribution in [0.1, 0.15) is 57.3 Å². The summed E-state index contributed by atoms with van der Waals surface area (Å²) in [5.41, 5.74) is 1.13. The van der Waals surface area contributed by atoms with Crippen molar-refractivity contribution in [2.75, 3.05) is 23.7 Å². The number of hydrogen-bond acceptors (Lipinski definition) is 4. The second kappa shape index (κ2) is 6.22. The quantitative estimate of drug-likeness (QED) is 0.823. The molecule has 0 radical (unpaired) electrons. The van der Waals surface area contributed by atoms with Gasteiger partial charge in [0, 0.05) is 24.6 Å². The average molecular weight is 262 g/mol. The maximum Gasteiger partial charge on any atom is 0.135 e. The van der Waals surface area contributed by atoms with Crippen LogP contribution in [0.25, 0.3) is 0 Å². The molecule has 1 fully saturated rings. The summed E-state index contributed by atoms with van der Waals surface area (Å²) in [6, 6.07) is 0. The molecule has 0 aromatic carbocycles. The first-order valence-electron chi connectivity index (χ1n) is 7.48. The molecule has 1 saturated carbocycles. The van der Waals surface area contributed by atoms with Crippen molar-refractivity contribution in [2.45, 2.75) is 52.9 Å². The molecule has 0 amide bonds. The Morgan fingerprint density at radius 2 is 1.79 bits per heavy atom. The highest BCUT2D eigenvalue weighted by molar-refractivity contribution is 5.57. The average Bonchev–Trinajstić information content (AvgIpc) is 2.31. The molecule has 2 N–H and O–H groups in total. The van der Waals surface area contributed by atoms with Gasteiger partial charge in [-0.15, -0.1) is 0 Å². The van der Waals surface area contributed by atoms with Crippen LogP contribution >= 0.6 is 0 Å². The molecular weight excluding hydrogens is 236 g/mol. The number of aromatic nitrogens is 2. The Balaban J connectivity index is 2.17. The first-order chi connectivity index (χ1) is 9.11. The minimum absolute atomic E-state index is 0.349. The highest BCUT2D eigenvalue weighted by atomic mass is 15.1. The van der Waals surface area contributed by atoms with Crippen molar-refractivity contribution in [3.05, 3.63) is 11.4 Å². The molecule has 0 aliphatic heterocycles. The van der Waals surface area contributed by atoms with E-state index in [0.717, 1.165) is 42.0 Å². The standard InChI is InChI=1S/C15H26N4/c1-5-16-14-11(4)15(17-9-12-7-6-8-12)19-13(18-14)10(2)3/h10,12H,5-9H2,1-4H3,(H2,16,17,18,19). The van der Waals surface area contributed by atoms with Gasteiger partial charge in [-0.1, -0.05) is 20.3 Å². The van der Waals surface area contributed by atoms with Crippen LogP contribution in [0.5, 0.6) is 0 Å². The summed E-state index contributed by atoms with van der Waals surface area (Å²) in [4.78, 5) is 9.30. The van der Waals surface area contributed by atoms with E-state index >= 15 is 0 Å². The van der Waals surface area contributed by atoms with Crippen LogP contribution in [0.3, 0.4) is 0 Å². The molecule has 1 heterocycles. The largest absolute Gasteiger partial charge is 0.370 e. The van der Waals surface area contributed by atoms with Crippen molar-refractivity contribution < 1.29 is 0 Å². The van der Waals surface area contributed by atoms with Gasteiger partial charge < -0.3 is 10.6 Å². The highest BCUT2D eigenvalue weighted by Gasteiger charge is 2.18. The van der Waals surface area contributed by atoms with E-state index in [2.05, 4.69) is 48.3 Å². The van der Waals surface area contributed by atoms with Crippen LogP contribution in [0.2, 0.25) is 0 Å². The SMILES string of the molecule is CCNc1nc(C(C)C)nc(NCC2CCC2)c1C. The zero-order valence-corrected chi connectivity index (χ0v) is 12.6. The van der Waals surface area contributed by atoms with Gasteiger partial charge in [0.15, 0.2) is 0 Å². The lowest BCUT2D eigenvalue weighted by Gasteiger charge is -2.26. The molecule has 1 aliphatic carbocycles. The summed E-state index contributed by atoms with van der Waals surface area (Å²) in [6.45, 7) is 10.4. The predicted octanol–water partition coefficient (Wildman–Crippen LogP) is 3.55. The summed E-state index contributed by atoms with van der Waals surface area (Å²) in [6.07, 6.45) is 4.09. The van der Waals surface area contributed by atoms with E-state index in [4.69, 9.17) is 0 Å². The maximum atomic E-state index is 4.68. The van der Waals surface area contributed by atoms with Gasteiger partial charge in [0.05, 0.1) is 0 Å². The van der Waals surface area contributed by atoms with Gasteiger partial charge in [-0.3, -0.25) is 0 Å². The van der Waals surface area contributed by atoms with Crippen LogP contribution in [-0.2, 0) is 0 Å². The van der Waals surface area contributed by atoms with Crippen LogP contribution in [-0.4, -0.2) is 23.1 Å². The molecule has 0 spiro atoms. The van der Waals surface area contributed by atoms with Crippen molar-refractivity contribution in [3.63, 3.8) is 0 Å². The molecule has 19 heavy (non-hydrogen) atoms. The topological polar surface area (TPSA) is 49.8 Å². The van der Waals surface area contributed by atoms with Crippen LogP contribution in [0.4, 0.5) is 11.6 Å². The van der Waals surface area contributed by atoms with Crippen molar-refractivity contribution >= 4 is 11.6 Å². The fourth-order valence-electron chi connectivity index (χ4n) is 2.24. The zero-order valence-electron chi connectivity index (χ0n) is 12.6. The van der Waals surface area contributed by atoms with Gasteiger partial charge >= 0.3 is 0 Å². The minimum Gasteiger partial charge on any atom is -0.370 e. The fraction of sp³-hybridized carbons (Fsp3) is 0.733. The van der Waals surface area contributed by atoms with Crippen molar-refractivity contribution in [3.8, 4) is 0 Å². The highest BCUT2D eigenvalue weighted by Crippen LogP contribution is 2.28. The van der Waals surface area contributed by atoms with Gasteiger partial charge in [-0.05, 0) is 32.6 Å². The maximum absolute atomic E-state index is 4.68. The lowest BCUT2D eigenvalue weighted by Crippen LogP contribution is -2.22. The van der Waals surface area contributed by atoms with E-state index in [1.165, 1.54) is 19.3 Å². The van der Waals surface area contributed by atoms with Gasteiger partial charge in [-0.25, -0.2) is 9.97 Å². The Labute approximate surface area is 116 Å². The summed E-state index contributed by atoms with van der Waals surface area (Å²) in [5.74, 6) is 4.07. The number of nitrogens with zero attached hydrogens (tertiary/aromatic N) is 2. The number of rotatable bonds is 6.